The van der Waals surface area contributed by atoms with Gasteiger partial charge in [0.05, 0.1) is 14.2 Å². The smallest absolute Gasteiger partial charge is 0.189 e. The lowest BCUT2D eigenvalue weighted by atomic mass is 9.64. The number of Topliss-reactive ketones (excluding diaryl/α,β-unsaturated/α-hetero) is 1. The molecule has 0 aliphatic heterocycles. The van der Waals surface area contributed by atoms with Gasteiger partial charge in [0.1, 0.15) is 5.82 Å². The molecular weight excluding hydrogens is 343 g/mol. The highest BCUT2D eigenvalue weighted by atomic mass is 19.1. The summed E-state index contributed by atoms with van der Waals surface area (Å²) in [5, 5.41) is 0. The summed E-state index contributed by atoms with van der Waals surface area (Å²) in [7, 11) is 3.18. The van der Waals surface area contributed by atoms with E-state index in [2.05, 4.69) is 13.0 Å². The summed E-state index contributed by atoms with van der Waals surface area (Å²) in [4.78, 5) is 13.1. The minimum absolute atomic E-state index is 0.0895. The average Bonchev–Trinajstić information content (AvgIpc) is 2.69. The lowest BCUT2D eigenvalue weighted by molar-refractivity contribution is 0.0992. The van der Waals surface area contributed by atoms with Gasteiger partial charge in [0.25, 0.3) is 0 Å². The Hall–Kier alpha value is -2.62. The van der Waals surface area contributed by atoms with E-state index in [4.69, 9.17) is 9.47 Å². The van der Waals surface area contributed by atoms with Crippen molar-refractivity contribution in [1.82, 2.24) is 0 Å². The van der Waals surface area contributed by atoms with Crippen molar-refractivity contribution in [3.8, 4) is 11.5 Å². The van der Waals surface area contributed by atoms with Gasteiger partial charge in [-0.05, 0) is 71.6 Å². The van der Waals surface area contributed by atoms with E-state index in [0.717, 1.165) is 29.5 Å². The van der Waals surface area contributed by atoms with Gasteiger partial charge in [-0.3, -0.25) is 4.79 Å². The van der Waals surface area contributed by atoms with Crippen molar-refractivity contribution in [2.24, 2.45) is 11.8 Å². The highest BCUT2D eigenvalue weighted by Gasteiger charge is 2.40. The SMILES string of the molecule is COc1cc2c(cc1OC)C(=O)C1=CCC(c3ccc(F)cc3)[C@H](C)[C@H]1C2. The largest absolute Gasteiger partial charge is 0.493 e. The van der Waals surface area contributed by atoms with Crippen molar-refractivity contribution >= 4 is 5.78 Å². The number of rotatable bonds is 3. The maximum Gasteiger partial charge on any atom is 0.189 e. The molecule has 3 nitrogen and oxygen atoms in total. The molecule has 0 saturated carbocycles. The Morgan fingerprint density at radius 2 is 1.67 bits per heavy atom. The van der Waals surface area contributed by atoms with Crippen LogP contribution >= 0.6 is 0 Å². The number of ketones is 1. The van der Waals surface area contributed by atoms with Crippen LogP contribution in [0.2, 0.25) is 0 Å². The van der Waals surface area contributed by atoms with Crippen molar-refractivity contribution in [1.29, 1.82) is 0 Å². The molecule has 0 saturated heterocycles. The molecule has 4 heteroatoms. The van der Waals surface area contributed by atoms with Crippen LogP contribution < -0.4 is 9.47 Å². The standard InChI is InChI=1S/C23H23FO3/c1-13-17(14-4-6-16(24)7-5-14)8-9-18-19(13)10-15-11-21(26-2)22(27-3)12-20(15)23(18)25/h4-7,9,11-13,17,19H,8,10H2,1-3H3/t13-,17?,19+/m0/s1. The van der Waals surface area contributed by atoms with Crippen molar-refractivity contribution in [3.05, 3.63) is 70.6 Å². The van der Waals surface area contributed by atoms with Crippen LogP contribution in [0.25, 0.3) is 0 Å². The van der Waals surface area contributed by atoms with Crippen LogP contribution in [0.3, 0.4) is 0 Å². The lowest BCUT2D eigenvalue weighted by Gasteiger charge is -2.39. The van der Waals surface area contributed by atoms with Crippen molar-refractivity contribution < 1.29 is 18.7 Å². The number of carbonyl (C=O) groups is 1. The maximum absolute atomic E-state index is 13.3. The molecule has 0 spiro atoms. The van der Waals surface area contributed by atoms with Gasteiger partial charge >= 0.3 is 0 Å². The minimum Gasteiger partial charge on any atom is -0.493 e. The van der Waals surface area contributed by atoms with Gasteiger partial charge in [-0.15, -0.1) is 0 Å². The molecule has 2 aliphatic carbocycles. The topological polar surface area (TPSA) is 35.5 Å². The number of ether oxygens (including phenoxy) is 2. The third-order valence-electron chi connectivity index (χ3n) is 6.11. The predicted octanol–water partition coefficient (Wildman–Crippen LogP) is 4.95. The van der Waals surface area contributed by atoms with Crippen molar-refractivity contribution in [2.75, 3.05) is 14.2 Å². The van der Waals surface area contributed by atoms with Crippen molar-refractivity contribution in [2.45, 2.75) is 25.7 Å². The number of allylic oxidation sites excluding steroid dienone is 2. The molecule has 0 N–H and O–H groups in total. The van der Waals surface area contributed by atoms with E-state index < -0.39 is 0 Å². The Labute approximate surface area is 158 Å². The molecular formula is C23H23FO3. The number of hydrogen-bond acceptors (Lipinski definition) is 3. The van der Waals surface area contributed by atoms with E-state index in [1.807, 2.05) is 18.2 Å². The summed E-state index contributed by atoms with van der Waals surface area (Å²) in [6.07, 6.45) is 3.68. The fraction of sp³-hybridized carbons (Fsp3) is 0.348. The molecule has 1 unspecified atom stereocenters. The highest BCUT2D eigenvalue weighted by Crippen LogP contribution is 2.47. The van der Waals surface area contributed by atoms with Crippen LogP contribution in [0.5, 0.6) is 11.5 Å². The number of fused-ring (bicyclic) bond motifs is 2. The molecule has 0 bridgehead atoms. The second kappa shape index (κ2) is 6.84. The first kappa shape index (κ1) is 17.8. The average molecular weight is 366 g/mol. The van der Waals surface area contributed by atoms with Gasteiger partial charge in [-0.1, -0.05) is 25.1 Å². The molecule has 27 heavy (non-hydrogen) atoms. The maximum atomic E-state index is 13.3. The fourth-order valence-electron chi connectivity index (χ4n) is 4.58. The fourth-order valence-corrected chi connectivity index (χ4v) is 4.58. The molecule has 140 valence electrons. The molecule has 0 heterocycles. The highest BCUT2D eigenvalue weighted by molar-refractivity contribution is 6.11. The van der Waals surface area contributed by atoms with Gasteiger partial charge in [-0.25, -0.2) is 4.39 Å². The van der Waals surface area contributed by atoms with Crippen LogP contribution in [-0.4, -0.2) is 20.0 Å². The number of carbonyl (C=O) groups excluding carboxylic acids is 1. The Balaban J connectivity index is 1.71. The second-order valence-corrected chi connectivity index (χ2v) is 7.42. The van der Waals surface area contributed by atoms with Gasteiger partial charge < -0.3 is 9.47 Å². The van der Waals surface area contributed by atoms with E-state index in [9.17, 15) is 9.18 Å². The molecule has 2 aliphatic rings. The first-order chi connectivity index (χ1) is 13.0. The van der Waals surface area contributed by atoms with E-state index in [0.29, 0.717) is 23.0 Å². The first-order valence-electron chi connectivity index (χ1n) is 9.28. The number of benzene rings is 2. The Morgan fingerprint density at radius 3 is 2.33 bits per heavy atom. The predicted molar refractivity (Wildman–Crippen MR) is 102 cm³/mol. The summed E-state index contributed by atoms with van der Waals surface area (Å²) < 4.78 is 24.1. The normalized spacial score (nSPS) is 23.9. The quantitative estimate of drug-likeness (QED) is 0.771. The Kier molecular flexibility index (Phi) is 4.50. The van der Waals surface area contributed by atoms with Crippen molar-refractivity contribution in [3.63, 3.8) is 0 Å². The van der Waals surface area contributed by atoms with Crippen LogP contribution in [0, 0.1) is 17.7 Å². The second-order valence-electron chi connectivity index (χ2n) is 7.42. The van der Waals surface area contributed by atoms with Crippen LogP contribution in [-0.2, 0) is 6.42 Å². The van der Waals surface area contributed by atoms with Crippen LogP contribution in [0.4, 0.5) is 4.39 Å². The van der Waals surface area contributed by atoms with Crippen LogP contribution in [0.1, 0.15) is 40.7 Å². The minimum atomic E-state index is -0.221. The van der Waals surface area contributed by atoms with E-state index in [-0.39, 0.29) is 23.4 Å². The van der Waals surface area contributed by atoms with Gasteiger partial charge in [0.2, 0.25) is 0 Å². The zero-order valence-electron chi connectivity index (χ0n) is 15.8. The summed E-state index contributed by atoms with van der Waals surface area (Å²) in [5.41, 5.74) is 3.75. The summed E-state index contributed by atoms with van der Waals surface area (Å²) in [6, 6.07) is 10.5. The van der Waals surface area contributed by atoms with E-state index in [1.165, 1.54) is 12.1 Å². The third-order valence-corrected chi connectivity index (χ3v) is 6.11. The number of hydrogen-bond donors (Lipinski definition) is 0. The third kappa shape index (κ3) is 2.93. The zero-order chi connectivity index (χ0) is 19.1. The van der Waals surface area contributed by atoms with Gasteiger partial charge in [0.15, 0.2) is 17.3 Å². The molecule has 0 aromatic heterocycles. The summed E-state index contributed by atoms with van der Waals surface area (Å²) in [5.74, 6) is 1.83. The van der Waals surface area contributed by atoms with Gasteiger partial charge in [-0.2, -0.15) is 0 Å². The monoisotopic (exact) mass is 366 g/mol. The Bertz CT molecular complexity index is 914. The molecule has 2 aromatic carbocycles. The molecule has 0 amide bonds. The molecule has 0 fully saturated rings. The zero-order valence-corrected chi connectivity index (χ0v) is 15.8. The van der Waals surface area contributed by atoms with Crippen LogP contribution in [0.15, 0.2) is 48.0 Å². The summed E-state index contributed by atoms with van der Waals surface area (Å²) in [6.45, 7) is 2.20. The molecule has 2 aromatic rings. The van der Waals surface area contributed by atoms with E-state index in [1.54, 1.807) is 20.3 Å². The molecule has 4 rings (SSSR count). The number of halogens is 1. The van der Waals surface area contributed by atoms with E-state index >= 15 is 0 Å². The van der Waals surface area contributed by atoms with Gasteiger partial charge in [0, 0.05) is 5.56 Å². The first-order valence-corrected chi connectivity index (χ1v) is 9.28. The molecule has 0 radical (unpaired) electrons. The lowest BCUT2D eigenvalue weighted by Crippen LogP contribution is -2.34. The summed E-state index contributed by atoms with van der Waals surface area (Å²) >= 11 is 0. The number of methoxy groups -OCH3 is 2. The molecule has 3 atom stereocenters. The Morgan fingerprint density at radius 1 is 1.00 bits per heavy atom.